The molecule has 6 nitrogen and oxygen atoms in total. The Morgan fingerprint density at radius 2 is 1.67 bits per heavy atom. The first-order chi connectivity index (χ1) is 19.1. The Bertz CT molecular complexity index is 1440. The molecule has 6 rings (SSSR count). The van der Waals surface area contributed by atoms with Gasteiger partial charge in [-0.1, -0.05) is 37.3 Å². The first-order valence-electron chi connectivity index (χ1n) is 14.2. The minimum atomic E-state index is -0.252. The summed E-state index contributed by atoms with van der Waals surface area (Å²) in [4.78, 5) is 25.4. The molecule has 0 aliphatic carbocycles. The van der Waals surface area contributed by atoms with Gasteiger partial charge in [-0.2, -0.15) is 0 Å². The Morgan fingerprint density at radius 1 is 0.923 bits per heavy atom. The SMILES string of the molecule is CCc1ccccc1N1CCN(C(=O)[C@@H]2CCCN(Cc3nc4ccccc4n3-c3ccc(F)cc3)C2)CC1. The third-order valence-electron chi connectivity index (χ3n) is 8.24. The number of benzene rings is 3. The monoisotopic (exact) mass is 525 g/mol. The van der Waals surface area contributed by atoms with Gasteiger partial charge in [0.25, 0.3) is 0 Å². The Kier molecular flexibility index (Phi) is 7.33. The maximum Gasteiger partial charge on any atom is 0.227 e. The van der Waals surface area contributed by atoms with Crippen molar-refractivity contribution in [3.8, 4) is 5.69 Å². The molecule has 0 bridgehead atoms. The number of para-hydroxylation sites is 3. The van der Waals surface area contributed by atoms with Crippen molar-refractivity contribution in [1.29, 1.82) is 0 Å². The summed E-state index contributed by atoms with van der Waals surface area (Å²) in [5.74, 6) is 0.962. The van der Waals surface area contributed by atoms with Crippen LogP contribution in [0.3, 0.4) is 0 Å². The summed E-state index contributed by atoms with van der Waals surface area (Å²) in [6.07, 6.45) is 2.95. The zero-order valence-corrected chi connectivity index (χ0v) is 22.6. The molecule has 0 saturated carbocycles. The number of anilines is 1. The van der Waals surface area contributed by atoms with Crippen LogP contribution in [-0.2, 0) is 17.8 Å². The van der Waals surface area contributed by atoms with E-state index in [-0.39, 0.29) is 17.6 Å². The number of imidazole rings is 1. The van der Waals surface area contributed by atoms with Crippen LogP contribution in [0.25, 0.3) is 16.7 Å². The van der Waals surface area contributed by atoms with E-state index in [4.69, 9.17) is 4.98 Å². The Hall–Kier alpha value is -3.71. The summed E-state index contributed by atoms with van der Waals surface area (Å²) in [7, 11) is 0. The van der Waals surface area contributed by atoms with E-state index in [1.54, 1.807) is 12.1 Å². The van der Waals surface area contributed by atoms with E-state index in [1.165, 1.54) is 23.4 Å². The van der Waals surface area contributed by atoms with E-state index in [0.717, 1.165) is 81.1 Å². The van der Waals surface area contributed by atoms with Gasteiger partial charge in [-0.25, -0.2) is 9.37 Å². The molecule has 0 radical (unpaired) electrons. The summed E-state index contributed by atoms with van der Waals surface area (Å²) < 4.78 is 15.8. The highest BCUT2D eigenvalue weighted by Crippen LogP contribution is 2.27. The highest BCUT2D eigenvalue weighted by atomic mass is 19.1. The molecule has 0 spiro atoms. The van der Waals surface area contributed by atoms with Crippen LogP contribution in [0.15, 0.2) is 72.8 Å². The lowest BCUT2D eigenvalue weighted by Gasteiger charge is -2.40. The molecule has 7 heteroatoms. The summed E-state index contributed by atoms with van der Waals surface area (Å²) in [6.45, 7) is 7.82. The van der Waals surface area contributed by atoms with E-state index >= 15 is 0 Å². The normalized spacial score (nSPS) is 18.6. The molecule has 2 aliphatic rings. The minimum absolute atomic E-state index is 0.0110. The average Bonchev–Trinajstić information content (AvgIpc) is 3.35. The van der Waals surface area contributed by atoms with Gasteiger partial charge < -0.3 is 9.80 Å². The molecule has 1 aromatic heterocycles. The third kappa shape index (κ3) is 5.28. The molecule has 2 fully saturated rings. The van der Waals surface area contributed by atoms with Gasteiger partial charge >= 0.3 is 0 Å². The topological polar surface area (TPSA) is 44.6 Å². The number of rotatable bonds is 6. The van der Waals surface area contributed by atoms with Crippen molar-refractivity contribution in [2.24, 2.45) is 5.92 Å². The lowest BCUT2D eigenvalue weighted by Crippen LogP contribution is -2.52. The standard InChI is InChI=1S/C32H36FN5O/c1-2-24-8-3-5-11-29(24)36-18-20-37(21-19-36)32(39)25-9-7-17-35(22-25)23-31-34-28-10-4-6-12-30(28)38(31)27-15-13-26(33)14-16-27/h3-6,8,10-16,25H,2,7,9,17-23H2,1H3/t25-/m1/s1. The van der Waals surface area contributed by atoms with Crippen molar-refractivity contribution in [3.63, 3.8) is 0 Å². The molecule has 2 saturated heterocycles. The van der Waals surface area contributed by atoms with E-state index in [0.29, 0.717) is 6.54 Å². The van der Waals surface area contributed by atoms with Gasteiger partial charge in [-0.15, -0.1) is 0 Å². The molecular formula is C32H36FN5O. The van der Waals surface area contributed by atoms with Gasteiger partial charge in [0.05, 0.1) is 23.5 Å². The van der Waals surface area contributed by atoms with Gasteiger partial charge in [-0.3, -0.25) is 14.3 Å². The molecule has 3 heterocycles. The maximum atomic E-state index is 13.7. The molecule has 1 amide bonds. The second-order valence-corrected chi connectivity index (χ2v) is 10.7. The van der Waals surface area contributed by atoms with Crippen LogP contribution in [0.4, 0.5) is 10.1 Å². The zero-order chi connectivity index (χ0) is 26.8. The van der Waals surface area contributed by atoms with Crippen molar-refractivity contribution in [1.82, 2.24) is 19.4 Å². The highest BCUT2D eigenvalue weighted by Gasteiger charge is 2.32. The fraction of sp³-hybridized carbons (Fsp3) is 0.375. The first kappa shape index (κ1) is 25.6. The van der Waals surface area contributed by atoms with Crippen LogP contribution in [0, 0.1) is 11.7 Å². The maximum absolute atomic E-state index is 13.7. The third-order valence-corrected chi connectivity index (χ3v) is 8.24. The van der Waals surface area contributed by atoms with Gasteiger partial charge in [0.2, 0.25) is 5.91 Å². The second-order valence-electron chi connectivity index (χ2n) is 10.7. The van der Waals surface area contributed by atoms with Crippen molar-refractivity contribution < 1.29 is 9.18 Å². The number of hydrogen-bond donors (Lipinski definition) is 0. The van der Waals surface area contributed by atoms with Crippen LogP contribution in [0.1, 0.15) is 31.2 Å². The number of carbonyl (C=O) groups excluding carboxylic acids is 1. The summed E-state index contributed by atoms with van der Waals surface area (Å²) in [6, 6.07) is 23.3. The summed E-state index contributed by atoms with van der Waals surface area (Å²) in [5.41, 5.74) is 5.49. The number of fused-ring (bicyclic) bond motifs is 1. The predicted octanol–water partition coefficient (Wildman–Crippen LogP) is 5.29. The fourth-order valence-corrected chi connectivity index (χ4v) is 6.21. The lowest BCUT2D eigenvalue weighted by atomic mass is 9.96. The fourth-order valence-electron chi connectivity index (χ4n) is 6.21. The van der Waals surface area contributed by atoms with Gasteiger partial charge in [0, 0.05) is 44.1 Å². The molecular weight excluding hydrogens is 489 g/mol. The van der Waals surface area contributed by atoms with Gasteiger partial charge in [-0.05, 0) is 73.8 Å². The van der Waals surface area contributed by atoms with Crippen LogP contribution >= 0.6 is 0 Å². The quantitative estimate of drug-likeness (QED) is 0.343. The van der Waals surface area contributed by atoms with Crippen LogP contribution in [0.5, 0.6) is 0 Å². The zero-order valence-electron chi connectivity index (χ0n) is 22.6. The molecule has 202 valence electrons. The average molecular weight is 526 g/mol. The van der Waals surface area contributed by atoms with Gasteiger partial charge in [0.1, 0.15) is 11.6 Å². The minimum Gasteiger partial charge on any atom is -0.368 e. The summed E-state index contributed by atoms with van der Waals surface area (Å²) >= 11 is 0. The number of hydrogen-bond acceptors (Lipinski definition) is 4. The molecule has 39 heavy (non-hydrogen) atoms. The number of piperazine rings is 1. The van der Waals surface area contributed by atoms with E-state index < -0.39 is 0 Å². The smallest absolute Gasteiger partial charge is 0.227 e. The van der Waals surface area contributed by atoms with Crippen molar-refractivity contribution in [2.75, 3.05) is 44.2 Å². The highest BCUT2D eigenvalue weighted by molar-refractivity contribution is 5.80. The number of aromatic nitrogens is 2. The molecule has 0 N–H and O–H groups in total. The van der Waals surface area contributed by atoms with Crippen molar-refractivity contribution in [3.05, 3.63) is 90.0 Å². The van der Waals surface area contributed by atoms with E-state index in [1.807, 2.05) is 18.2 Å². The molecule has 0 unspecified atom stereocenters. The Balaban J connectivity index is 1.14. The Morgan fingerprint density at radius 3 is 2.46 bits per heavy atom. The number of amides is 1. The van der Waals surface area contributed by atoms with E-state index in [9.17, 15) is 9.18 Å². The molecule has 1 atom stereocenters. The molecule has 2 aliphatic heterocycles. The van der Waals surface area contributed by atoms with Crippen LogP contribution in [0.2, 0.25) is 0 Å². The first-order valence-corrected chi connectivity index (χ1v) is 14.2. The van der Waals surface area contributed by atoms with Crippen molar-refractivity contribution in [2.45, 2.75) is 32.7 Å². The number of carbonyl (C=O) groups is 1. The lowest BCUT2D eigenvalue weighted by molar-refractivity contribution is -0.137. The number of piperidine rings is 1. The van der Waals surface area contributed by atoms with E-state index in [2.05, 4.69) is 56.5 Å². The Labute approximate surface area is 229 Å². The summed E-state index contributed by atoms with van der Waals surface area (Å²) in [5, 5.41) is 0. The van der Waals surface area contributed by atoms with Crippen LogP contribution < -0.4 is 4.90 Å². The largest absolute Gasteiger partial charge is 0.368 e. The van der Waals surface area contributed by atoms with Crippen LogP contribution in [-0.4, -0.2) is 64.5 Å². The molecule has 3 aromatic carbocycles. The van der Waals surface area contributed by atoms with Crippen molar-refractivity contribution >= 4 is 22.6 Å². The molecule has 4 aromatic rings. The number of aryl methyl sites for hydroxylation is 1. The van der Waals surface area contributed by atoms with Gasteiger partial charge in [0.15, 0.2) is 0 Å². The number of halogens is 1. The number of nitrogens with zero attached hydrogens (tertiary/aromatic N) is 5. The predicted molar refractivity (Wildman–Crippen MR) is 154 cm³/mol. The number of likely N-dealkylation sites (tertiary alicyclic amines) is 1. The second kappa shape index (κ2) is 11.2.